The van der Waals surface area contributed by atoms with Gasteiger partial charge in [-0.05, 0) is 31.0 Å². The Morgan fingerprint density at radius 3 is 2.84 bits per heavy atom. The van der Waals surface area contributed by atoms with Crippen molar-refractivity contribution >= 4 is 5.52 Å². The summed E-state index contributed by atoms with van der Waals surface area (Å²) in [6, 6.07) is 6.67. The SMILES string of the molecule is CCNC(CCCC(C)C)c1cnn2ccccc12. The fraction of sp³-hybridized carbons (Fsp3) is 0.562. The van der Waals surface area contributed by atoms with Crippen LogP contribution in [0.5, 0.6) is 0 Å². The van der Waals surface area contributed by atoms with Gasteiger partial charge in [0.1, 0.15) is 0 Å². The first-order chi connectivity index (χ1) is 9.22. The van der Waals surface area contributed by atoms with E-state index in [4.69, 9.17) is 0 Å². The van der Waals surface area contributed by atoms with Gasteiger partial charge in [-0.2, -0.15) is 5.10 Å². The number of pyridine rings is 1. The van der Waals surface area contributed by atoms with Crippen LogP contribution in [0.3, 0.4) is 0 Å². The molecule has 0 aliphatic carbocycles. The first-order valence-corrected chi connectivity index (χ1v) is 7.38. The molecule has 0 spiro atoms. The summed E-state index contributed by atoms with van der Waals surface area (Å²) in [5.74, 6) is 0.784. The molecule has 2 rings (SSSR count). The van der Waals surface area contributed by atoms with Crippen molar-refractivity contribution < 1.29 is 0 Å². The van der Waals surface area contributed by atoms with Gasteiger partial charge in [0, 0.05) is 17.8 Å². The van der Waals surface area contributed by atoms with E-state index in [2.05, 4.69) is 43.3 Å². The fourth-order valence-corrected chi connectivity index (χ4v) is 2.57. The van der Waals surface area contributed by atoms with Gasteiger partial charge in [0.05, 0.1) is 11.7 Å². The highest BCUT2D eigenvalue weighted by Crippen LogP contribution is 2.24. The second kappa shape index (κ2) is 6.71. The molecular weight excluding hydrogens is 234 g/mol. The third-order valence-electron chi connectivity index (χ3n) is 3.56. The molecule has 0 aliphatic heterocycles. The highest BCUT2D eigenvalue weighted by atomic mass is 15.2. The molecule has 0 bridgehead atoms. The van der Waals surface area contributed by atoms with Gasteiger partial charge in [0.2, 0.25) is 0 Å². The molecule has 3 nitrogen and oxygen atoms in total. The lowest BCUT2D eigenvalue weighted by atomic mass is 9.99. The summed E-state index contributed by atoms with van der Waals surface area (Å²) in [5, 5.41) is 8.04. The number of fused-ring (bicyclic) bond motifs is 1. The Morgan fingerprint density at radius 2 is 2.11 bits per heavy atom. The smallest absolute Gasteiger partial charge is 0.0709 e. The molecule has 0 fully saturated rings. The van der Waals surface area contributed by atoms with E-state index >= 15 is 0 Å². The van der Waals surface area contributed by atoms with Crippen LogP contribution < -0.4 is 5.32 Å². The molecule has 0 amide bonds. The zero-order chi connectivity index (χ0) is 13.7. The number of nitrogens with one attached hydrogen (secondary N) is 1. The van der Waals surface area contributed by atoms with Crippen LogP contribution in [0.2, 0.25) is 0 Å². The summed E-state index contributed by atoms with van der Waals surface area (Å²) in [5.41, 5.74) is 2.55. The molecule has 1 atom stereocenters. The van der Waals surface area contributed by atoms with E-state index in [1.807, 2.05) is 23.0 Å². The third kappa shape index (κ3) is 3.57. The first kappa shape index (κ1) is 14.1. The minimum absolute atomic E-state index is 0.420. The Kier molecular flexibility index (Phi) is 4.97. The van der Waals surface area contributed by atoms with E-state index < -0.39 is 0 Å². The minimum atomic E-state index is 0.420. The van der Waals surface area contributed by atoms with E-state index in [0.29, 0.717) is 6.04 Å². The molecule has 0 saturated heterocycles. The molecule has 2 heterocycles. The summed E-state index contributed by atoms with van der Waals surface area (Å²) in [6.45, 7) is 7.74. The van der Waals surface area contributed by atoms with Crippen LogP contribution in [0.1, 0.15) is 51.6 Å². The Balaban J connectivity index is 2.13. The van der Waals surface area contributed by atoms with Gasteiger partial charge < -0.3 is 5.32 Å². The van der Waals surface area contributed by atoms with Crippen LogP contribution >= 0.6 is 0 Å². The number of hydrogen-bond acceptors (Lipinski definition) is 2. The number of rotatable bonds is 7. The molecule has 2 aromatic heterocycles. The van der Waals surface area contributed by atoms with Crippen molar-refractivity contribution in [2.24, 2.45) is 5.92 Å². The van der Waals surface area contributed by atoms with Gasteiger partial charge in [0.25, 0.3) is 0 Å². The van der Waals surface area contributed by atoms with Crippen molar-refractivity contribution in [3.63, 3.8) is 0 Å². The standard InChI is InChI=1S/C16H25N3/c1-4-17-15(9-7-8-13(2)3)14-12-18-19-11-6-5-10-16(14)19/h5-6,10-13,15,17H,4,7-9H2,1-3H3. The molecule has 19 heavy (non-hydrogen) atoms. The van der Waals surface area contributed by atoms with Crippen molar-refractivity contribution in [3.05, 3.63) is 36.2 Å². The first-order valence-electron chi connectivity index (χ1n) is 7.38. The molecule has 0 aromatic carbocycles. The van der Waals surface area contributed by atoms with Gasteiger partial charge in [0.15, 0.2) is 0 Å². The van der Waals surface area contributed by atoms with Gasteiger partial charge in [-0.3, -0.25) is 0 Å². The normalized spacial score (nSPS) is 13.3. The maximum Gasteiger partial charge on any atom is 0.0709 e. The average Bonchev–Trinajstić information content (AvgIpc) is 2.81. The summed E-state index contributed by atoms with van der Waals surface area (Å²) in [4.78, 5) is 0. The molecular formula is C16H25N3. The molecule has 2 aromatic rings. The Bertz CT molecular complexity index is 501. The molecule has 1 N–H and O–H groups in total. The van der Waals surface area contributed by atoms with Crippen molar-refractivity contribution in [2.45, 2.75) is 46.1 Å². The van der Waals surface area contributed by atoms with Gasteiger partial charge in [-0.1, -0.05) is 39.7 Å². The van der Waals surface area contributed by atoms with Crippen molar-refractivity contribution in [3.8, 4) is 0 Å². The summed E-state index contributed by atoms with van der Waals surface area (Å²) in [7, 11) is 0. The summed E-state index contributed by atoms with van der Waals surface area (Å²) in [6.07, 6.45) is 7.76. The van der Waals surface area contributed by atoms with Crippen molar-refractivity contribution in [1.29, 1.82) is 0 Å². The quantitative estimate of drug-likeness (QED) is 0.819. The maximum absolute atomic E-state index is 4.44. The monoisotopic (exact) mass is 259 g/mol. The van der Waals surface area contributed by atoms with Crippen LogP contribution in [0, 0.1) is 5.92 Å². The van der Waals surface area contributed by atoms with Crippen LogP contribution in [0.15, 0.2) is 30.6 Å². The van der Waals surface area contributed by atoms with E-state index in [9.17, 15) is 0 Å². The van der Waals surface area contributed by atoms with Crippen LogP contribution in [-0.2, 0) is 0 Å². The lowest BCUT2D eigenvalue weighted by molar-refractivity contribution is 0.457. The number of nitrogens with zero attached hydrogens (tertiary/aromatic N) is 2. The van der Waals surface area contributed by atoms with Crippen LogP contribution in [0.4, 0.5) is 0 Å². The van der Waals surface area contributed by atoms with Crippen LogP contribution in [0.25, 0.3) is 5.52 Å². The molecule has 0 aliphatic rings. The zero-order valence-corrected chi connectivity index (χ0v) is 12.3. The van der Waals surface area contributed by atoms with Gasteiger partial charge >= 0.3 is 0 Å². The van der Waals surface area contributed by atoms with Gasteiger partial charge in [-0.15, -0.1) is 0 Å². The maximum atomic E-state index is 4.44. The highest BCUT2D eigenvalue weighted by molar-refractivity contribution is 5.54. The second-order valence-electron chi connectivity index (χ2n) is 5.57. The topological polar surface area (TPSA) is 29.3 Å². The average molecular weight is 259 g/mol. The van der Waals surface area contributed by atoms with Gasteiger partial charge in [-0.25, -0.2) is 4.52 Å². The van der Waals surface area contributed by atoms with E-state index in [1.165, 1.54) is 30.3 Å². The fourth-order valence-electron chi connectivity index (χ4n) is 2.57. The Morgan fingerprint density at radius 1 is 1.26 bits per heavy atom. The number of hydrogen-bond donors (Lipinski definition) is 1. The molecule has 0 saturated carbocycles. The van der Waals surface area contributed by atoms with Crippen molar-refractivity contribution in [2.75, 3.05) is 6.54 Å². The van der Waals surface area contributed by atoms with E-state index in [1.54, 1.807) is 0 Å². The molecule has 0 radical (unpaired) electrons. The highest BCUT2D eigenvalue weighted by Gasteiger charge is 2.15. The molecule has 3 heteroatoms. The van der Waals surface area contributed by atoms with Crippen LogP contribution in [-0.4, -0.2) is 16.2 Å². The minimum Gasteiger partial charge on any atom is -0.310 e. The Hall–Kier alpha value is -1.35. The lowest BCUT2D eigenvalue weighted by Crippen LogP contribution is -2.20. The molecule has 104 valence electrons. The number of aromatic nitrogens is 2. The zero-order valence-electron chi connectivity index (χ0n) is 12.3. The predicted molar refractivity (Wildman–Crippen MR) is 80.3 cm³/mol. The van der Waals surface area contributed by atoms with Crippen molar-refractivity contribution in [1.82, 2.24) is 14.9 Å². The second-order valence-corrected chi connectivity index (χ2v) is 5.57. The lowest BCUT2D eigenvalue weighted by Gasteiger charge is -2.17. The van der Waals surface area contributed by atoms with E-state index in [0.717, 1.165) is 12.5 Å². The van der Waals surface area contributed by atoms with E-state index in [-0.39, 0.29) is 0 Å². The largest absolute Gasteiger partial charge is 0.310 e. The molecule has 1 unspecified atom stereocenters. The predicted octanol–water partition coefficient (Wildman–Crippen LogP) is 3.81. The third-order valence-corrected chi connectivity index (χ3v) is 3.56. The Labute approximate surface area is 116 Å². The summed E-state index contributed by atoms with van der Waals surface area (Å²) < 4.78 is 1.96. The summed E-state index contributed by atoms with van der Waals surface area (Å²) >= 11 is 0.